The maximum Gasteiger partial charge on any atom is 0.415 e. The van der Waals surface area contributed by atoms with Crippen LogP contribution in [0.3, 0.4) is 0 Å². The minimum absolute atomic E-state index is 0.00810. The zero-order valence-electron chi connectivity index (χ0n) is 17.6. The van der Waals surface area contributed by atoms with Gasteiger partial charge in [0.1, 0.15) is 17.6 Å². The van der Waals surface area contributed by atoms with E-state index < -0.39 is 11.7 Å². The van der Waals surface area contributed by atoms with Gasteiger partial charge in [0.2, 0.25) is 0 Å². The van der Waals surface area contributed by atoms with E-state index in [0.717, 1.165) is 17.7 Å². The fourth-order valence-corrected chi connectivity index (χ4v) is 4.55. The Labute approximate surface area is 177 Å². The molecule has 0 saturated carbocycles. The van der Waals surface area contributed by atoms with Crippen molar-refractivity contribution in [1.82, 2.24) is 4.90 Å². The number of aliphatic hydroxyl groups is 1. The summed E-state index contributed by atoms with van der Waals surface area (Å²) >= 11 is 4.56. The molecule has 158 valence electrons. The fraction of sp³-hybridized carbons (Fsp3) is 0.545. The summed E-state index contributed by atoms with van der Waals surface area (Å²) in [5, 5.41) is 9.98. The second kappa shape index (κ2) is 7.69. The van der Waals surface area contributed by atoms with Crippen LogP contribution >= 0.6 is 12.6 Å². The van der Waals surface area contributed by atoms with E-state index in [2.05, 4.69) is 26.5 Å². The van der Waals surface area contributed by atoms with Gasteiger partial charge in [0.15, 0.2) is 5.78 Å². The number of Topliss-reactive ketones (excluding diaryl/α,β-unsaturated/α-hetero) is 1. The minimum Gasteiger partial charge on any atom is -0.485 e. The summed E-state index contributed by atoms with van der Waals surface area (Å²) in [5.41, 5.74) is 0.0474. The highest BCUT2D eigenvalue weighted by atomic mass is 32.1. The first kappa shape index (κ1) is 21.7. The molecule has 0 fully saturated rings. The Morgan fingerprint density at radius 2 is 2.10 bits per heavy atom. The van der Waals surface area contributed by atoms with E-state index in [4.69, 9.17) is 9.47 Å². The van der Waals surface area contributed by atoms with Gasteiger partial charge in [0, 0.05) is 18.2 Å². The molecule has 29 heavy (non-hydrogen) atoms. The van der Waals surface area contributed by atoms with Crippen LogP contribution in [0.25, 0.3) is 0 Å². The molecule has 1 unspecified atom stereocenters. The van der Waals surface area contributed by atoms with Gasteiger partial charge in [-0.25, -0.2) is 4.79 Å². The molecule has 3 rings (SSSR count). The Morgan fingerprint density at radius 3 is 2.72 bits per heavy atom. The number of amides is 1. The highest BCUT2D eigenvalue weighted by Gasteiger charge is 2.41. The lowest BCUT2D eigenvalue weighted by Crippen LogP contribution is -2.43. The van der Waals surface area contributed by atoms with Gasteiger partial charge in [0.25, 0.3) is 0 Å². The molecule has 1 amide bonds. The first-order valence-electron chi connectivity index (χ1n) is 9.87. The molecule has 0 radical (unpaired) electrons. The minimum atomic E-state index is -1.03. The van der Waals surface area contributed by atoms with Crippen LogP contribution in [-0.4, -0.2) is 46.7 Å². The Morgan fingerprint density at radius 1 is 1.41 bits per heavy atom. The predicted molar refractivity (Wildman–Crippen MR) is 114 cm³/mol. The number of nitrogens with zero attached hydrogens (tertiary/aromatic N) is 1. The molecule has 0 bridgehead atoms. The van der Waals surface area contributed by atoms with E-state index in [0.29, 0.717) is 29.2 Å². The molecule has 7 heteroatoms. The second-order valence-electron chi connectivity index (χ2n) is 9.19. The van der Waals surface area contributed by atoms with E-state index in [1.165, 1.54) is 4.90 Å². The summed E-state index contributed by atoms with van der Waals surface area (Å²) in [4.78, 5) is 27.7. The second-order valence-corrected chi connectivity index (χ2v) is 9.73. The number of benzene rings is 1. The van der Waals surface area contributed by atoms with Gasteiger partial charge >= 0.3 is 6.09 Å². The van der Waals surface area contributed by atoms with Crippen molar-refractivity contribution >= 4 is 24.5 Å². The van der Waals surface area contributed by atoms with Crippen LogP contribution < -0.4 is 9.47 Å². The summed E-state index contributed by atoms with van der Waals surface area (Å²) in [6.45, 7) is 9.89. The Bertz CT molecular complexity index is 868. The Balaban J connectivity index is 1.83. The van der Waals surface area contributed by atoms with Crippen molar-refractivity contribution < 1.29 is 24.2 Å². The summed E-state index contributed by atoms with van der Waals surface area (Å²) in [5.74, 6) is 0.634. The van der Waals surface area contributed by atoms with Gasteiger partial charge in [-0.2, -0.15) is 0 Å². The van der Waals surface area contributed by atoms with Gasteiger partial charge in [-0.05, 0) is 56.1 Å². The van der Waals surface area contributed by atoms with Crippen LogP contribution in [0.5, 0.6) is 11.5 Å². The first-order chi connectivity index (χ1) is 13.4. The standard InChI is InChI=1S/C22H29NO5S/c1-6-23(12-22(4,5)26)20(25)27-13-7-8-14-15(9-13)28-16-10-21(2,3)11-17(29)18(16)19(14)24/h7-9,16,26,29H,6,10-12H2,1-5H3. The molecule has 1 atom stereocenters. The van der Waals surface area contributed by atoms with Gasteiger partial charge in [-0.15, -0.1) is 12.6 Å². The maximum atomic E-state index is 13.0. The molecule has 0 saturated heterocycles. The number of rotatable bonds is 4. The van der Waals surface area contributed by atoms with E-state index in [1.54, 1.807) is 32.0 Å². The molecule has 1 aromatic rings. The van der Waals surface area contributed by atoms with Crippen LogP contribution in [-0.2, 0) is 0 Å². The zero-order chi connectivity index (χ0) is 21.6. The third kappa shape index (κ3) is 4.78. The zero-order valence-corrected chi connectivity index (χ0v) is 18.5. The lowest BCUT2D eigenvalue weighted by atomic mass is 9.74. The van der Waals surface area contributed by atoms with E-state index >= 15 is 0 Å². The number of carbonyl (C=O) groups is 2. The molecule has 1 aliphatic heterocycles. The molecular formula is C22H29NO5S. The van der Waals surface area contributed by atoms with Crippen molar-refractivity contribution in [2.45, 2.75) is 59.2 Å². The summed E-state index contributed by atoms with van der Waals surface area (Å²) in [6.07, 6.45) is 0.556. The quantitative estimate of drug-likeness (QED) is 0.715. The lowest BCUT2D eigenvalue weighted by Gasteiger charge is -2.39. The number of ketones is 1. The number of thiol groups is 1. The van der Waals surface area contributed by atoms with Crippen molar-refractivity contribution in [3.63, 3.8) is 0 Å². The number of hydrogen-bond acceptors (Lipinski definition) is 6. The summed E-state index contributed by atoms with van der Waals surface area (Å²) in [6, 6.07) is 4.79. The third-order valence-corrected chi connectivity index (χ3v) is 5.55. The molecule has 2 aliphatic rings. The number of carbonyl (C=O) groups excluding carboxylic acids is 2. The highest BCUT2D eigenvalue weighted by Crippen LogP contribution is 2.46. The molecule has 6 nitrogen and oxygen atoms in total. The summed E-state index contributed by atoms with van der Waals surface area (Å²) in [7, 11) is 0. The van der Waals surface area contributed by atoms with Crippen molar-refractivity contribution in [3.8, 4) is 11.5 Å². The van der Waals surface area contributed by atoms with E-state index in [-0.39, 0.29) is 23.8 Å². The van der Waals surface area contributed by atoms with Crippen molar-refractivity contribution in [3.05, 3.63) is 34.2 Å². The molecule has 0 spiro atoms. The molecule has 0 aromatic heterocycles. The van der Waals surface area contributed by atoms with Crippen LogP contribution in [0, 0.1) is 5.41 Å². The number of likely N-dealkylation sites (N-methyl/N-ethyl adjacent to an activating group) is 1. The largest absolute Gasteiger partial charge is 0.485 e. The first-order valence-corrected chi connectivity index (χ1v) is 10.3. The molecular weight excluding hydrogens is 390 g/mol. The number of hydrogen-bond donors (Lipinski definition) is 2. The third-order valence-electron chi connectivity index (χ3n) is 5.15. The van der Waals surface area contributed by atoms with Gasteiger partial charge < -0.3 is 19.5 Å². The van der Waals surface area contributed by atoms with Crippen molar-refractivity contribution in [2.75, 3.05) is 13.1 Å². The normalized spacial score (nSPS) is 20.5. The van der Waals surface area contributed by atoms with Crippen LogP contribution in [0.4, 0.5) is 4.79 Å². The van der Waals surface area contributed by atoms with Gasteiger partial charge in [-0.1, -0.05) is 13.8 Å². The Hall–Kier alpha value is -1.99. The van der Waals surface area contributed by atoms with Crippen LogP contribution in [0.2, 0.25) is 0 Å². The van der Waals surface area contributed by atoms with Crippen molar-refractivity contribution in [1.29, 1.82) is 0 Å². The average Bonchev–Trinajstić information content (AvgIpc) is 2.57. The Kier molecular flexibility index (Phi) is 5.75. The van der Waals surface area contributed by atoms with Crippen LogP contribution in [0.15, 0.2) is 28.7 Å². The molecule has 1 aromatic carbocycles. The monoisotopic (exact) mass is 419 g/mol. The average molecular weight is 420 g/mol. The predicted octanol–water partition coefficient (Wildman–Crippen LogP) is 4.23. The number of ether oxygens (including phenoxy) is 2. The maximum absolute atomic E-state index is 13.0. The van der Waals surface area contributed by atoms with E-state index in [9.17, 15) is 14.7 Å². The fourth-order valence-electron chi connectivity index (χ4n) is 3.88. The number of fused-ring (bicyclic) bond motifs is 2. The number of allylic oxidation sites excluding steroid dienone is 1. The smallest absolute Gasteiger partial charge is 0.415 e. The highest BCUT2D eigenvalue weighted by molar-refractivity contribution is 7.84. The topological polar surface area (TPSA) is 76.1 Å². The van der Waals surface area contributed by atoms with Gasteiger partial charge in [-0.3, -0.25) is 4.79 Å². The van der Waals surface area contributed by atoms with E-state index in [1.807, 2.05) is 6.92 Å². The SMILES string of the molecule is CCN(CC(C)(C)O)C(=O)Oc1ccc2c(c1)OC1CC(C)(C)CC(S)=C1C2=O. The molecule has 1 heterocycles. The lowest BCUT2D eigenvalue weighted by molar-refractivity contribution is 0.0401. The van der Waals surface area contributed by atoms with Crippen LogP contribution in [0.1, 0.15) is 57.8 Å². The molecule has 1 aliphatic carbocycles. The molecule has 1 N–H and O–H groups in total. The summed E-state index contributed by atoms with van der Waals surface area (Å²) < 4.78 is 11.6. The van der Waals surface area contributed by atoms with Gasteiger partial charge in [0.05, 0.1) is 17.7 Å². The van der Waals surface area contributed by atoms with Crippen molar-refractivity contribution in [2.24, 2.45) is 5.41 Å².